The van der Waals surface area contributed by atoms with Crippen LogP contribution in [-0.4, -0.2) is 34.6 Å². The summed E-state index contributed by atoms with van der Waals surface area (Å²) in [4.78, 5) is 14.4. The van der Waals surface area contributed by atoms with Crippen molar-refractivity contribution in [3.63, 3.8) is 0 Å². The summed E-state index contributed by atoms with van der Waals surface area (Å²) in [6.07, 6.45) is 6.99. The van der Waals surface area contributed by atoms with Gasteiger partial charge in [-0.05, 0) is 25.0 Å². The van der Waals surface area contributed by atoms with Crippen molar-refractivity contribution >= 4 is 5.91 Å². The molecule has 0 aliphatic heterocycles. The number of aliphatic hydroxyl groups is 1. The fraction of sp³-hybridized carbons (Fsp3) is 0.350. The number of hydrogen-bond donors (Lipinski definition) is 1. The number of amides is 1. The Morgan fingerprint density at radius 1 is 1.17 bits per heavy atom. The van der Waals surface area contributed by atoms with Gasteiger partial charge in [0.2, 0.25) is 0 Å². The van der Waals surface area contributed by atoms with Gasteiger partial charge in [0, 0.05) is 23.9 Å². The van der Waals surface area contributed by atoms with Crippen LogP contribution < -0.4 is 0 Å². The first-order valence-corrected chi connectivity index (χ1v) is 7.99. The average molecular weight is 311 g/mol. The van der Waals surface area contributed by atoms with Crippen molar-refractivity contribution in [1.82, 2.24) is 4.90 Å². The predicted molar refractivity (Wildman–Crippen MR) is 94.1 cm³/mol. The molecule has 3 heteroatoms. The van der Waals surface area contributed by atoms with Gasteiger partial charge >= 0.3 is 0 Å². The van der Waals surface area contributed by atoms with Gasteiger partial charge in [-0.1, -0.05) is 36.4 Å². The molecule has 1 amide bonds. The molecule has 1 aromatic rings. The third-order valence-corrected chi connectivity index (χ3v) is 4.74. The summed E-state index contributed by atoms with van der Waals surface area (Å²) in [6.45, 7) is 12.1. The normalized spacial score (nSPS) is 22.3. The number of rotatable bonds is 7. The van der Waals surface area contributed by atoms with Crippen molar-refractivity contribution in [2.24, 2.45) is 11.8 Å². The Morgan fingerprint density at radius 3 is 2.22 bits per heavy atom. The fourth-order valence-electron chi connectivity index (χ4n) is 3.46. The van der Waals surface area contributed by atoms with Crippen LogP contribution in [-0.2, 0) is 0 Å². The molecule has 1 N–H and O–H groups in total. The zero-order valence-corrected chi connectivity index (χ0v) is 13.5. The van der Waals surface area contributed by atoms with Crippen LogP contribution in [0.3, 0.4) is 0 Å². The van der Waals surface area contributed by atoms with Gasteiger partial charge in [-0.15, -0.1) is 19.7 Å². The van der Waals surface area contributed by atoms with Crippen molar-refractivity contribution in [3.8, 4) is 0 Å². The average Bonchev–Trinajstić information content (AvgIpc) is 2.90. The molecular weight excluding hydrogens is 286 g/mol. The van der Waals surface area contributed by atoms with Crippen LogP contribution in [0.4, 0.5) is 0 Å². The first kappa shape index (κ1) is 17.2. The maximum atomic E-state index is 12.8. The second kappa shape index (κ2) is 7.42. The molecule has 0 unspecified atom stereocenters. The number of hydrogen-bond acceptors (Lipinski definition) is 2. The molecule has 2 atom stereocenters. The Hall–Kier alpha value is -2.13. The molecule has 0 radical (unpaired) electrons. The van der Waals surface area contributed by atoms with Crippen molar-refractivity contribution in [2.75, 3.05) is 13.1 Å². The summed E-state index contributed by atoms with van der Waals surface area (Å²) in [5.41, 5.74) is -0.405. The van der Waals surface area contributed by atoms with Gasteiger partial charge in [0.1, 0.15) is 0 Å². The lowest BCUT2D eigenvalue weighted by atomic mass is 9.83. The highest BCUT2D eigenvalue weighted by molar-refractivity contribution is 5.94. The van der Waals surface area contributed by atoms with Gasteiger partial charge in [-0.2, -0.15) is 0 Å². The van der Waals surface area contributed by atoms with E-state index in [2.05, 4.69) is 19.7 Å². The Kier molecular flexibility index (Phi) is 5.56. The van der Waals surface area contributed by atoms with Crippen molar-refractivity contribution < 1.29 is 9.90 Å². The molecule has 1 aliphatic carbocycles. The van der Waals surface area contributed by atoms with Crippen molar-refractivity contribution in [2.45, 2.75) is 18.4 Å². The molecule has 1 aliphatic rings. The number of carbonyl (C=O) groups excluding carboxylic acids is 1. The highest BCUT2D eigenvalue weighted by Crippen LogP contribution is 2.42. The Balaban J connectivity index is 2.27. The van der Waals surface area contributed by atoms with Crippen LogP contribution in [0.15, 0.2) is 68.3 Å². The lowest BCUT2D eigenvalue weighted by Crippen LogP contribution is -2.51. The predicted octanol–water partition coefficient (Wildman–Crippen LogP) is 3.44. The van der Waals surface area contributed by atoms with E-state index >= 15 is 0 Å². The quantitative estimate of drug-likeness (QED) is 0.784. The van der Waals surface area contributed by atoms with Crippen molar-refractivity contribution in [1.29, 1.82) is 0 Å². The third-order valence-electron chi connectivity index (χ3n) is 4.74. The minimum absolute atomic E-state index is 0.0404. The fourth-order valence-corrected chi connectivity index (χ4v) is 3.46. The second-order valence-corrected chi connectivity index (χ2v) is 6.09. The van der Waals surface area contributed by atoms with Crippen molar-refractivity contribution in [3.05, 3.63) is 73.9 Å². The van der Waals surface area contributed by atoms with Crippen LogP contribution in [0.1, 0.15) is 23.2 Å². The van der Waals surface area contributed by atoms with E-state index in [-0.39, 0.29) is 24.3 Å². The molecule has 122 valence electrons. The van der Waals surface area contributed by atoms with Crippen LogP contribution in [0.5, 0.6) is 0 Å². The highest BCUT2D eigenvalue weighted by atomic mass is 16.3. The van der Waals surface area contributed by atoms with E-state index in [9.17, 15) is 9.90 Å². The smallest absolute Gasteiger partial charge is 0.254 e. The van der Waals surface area contributed by atoms with Gasteiger partial charge in [-0.25, -0.2) is 0 Å². The van der Waals surface area contributed by atoms with Crippen LogP contribution >= 0.6 is 0 Å². The summed E-state index contributed by atoms with van der Waals surface area (Å²) in [5.74, 6) is -0.181. The molecule has 23 heavy (non-hydrogen) atoms. The minimum atomic E-state index is -1.02. The van der Waals surface area contributed by atoms with E-state index in [1.165, 1.54) is 0 Å². The maximum absolute atomic E-state index is 12.8. The standard InChI is InChI=1S/C20H25NO2/c1-4-14-21(19(22)16-10-8-7-9-11-16)15-20(23)17(5-2)12-13-18(20)6-3/h4-11,17-18,23H,1-3,12-15H2/t17-,18-/m1/s1. The van der Waals surface area contributed by atoms with Crippen LogP contribution in [0.2, 0.25) is 0 Å². The number of carbonyl (C=O) groups is 1. The summed E-state index contributed by atoms with van der Waals surface area (Å²) in [7, 11) is 0. The van der Waals surface area contributed by atoms with Gasteiger partial charge < -0.3 is 10.0 Å². The molecule has 0 saturated heterocycles. The molecule has 3 nitrogen and oxygen atoms in total. The zero-order chi connectivity index (χ0) is 16.9. The molecule has 2 rings (SSSR count). The van der Waals surface area contributed by atoms with E-state index in [1.807, 2.05) is 18.2 Å². The summed E-state index contributed by atoms with van der Waals surface area (Å²) >= 11 is 0. The Labute approximate surface area is 138 Å². The van der Waals surface area contributed by atoms with E-state index in [4.69, 9.17) is 0 Å². The zero-order valence-electron chi connectivity index (χ0n) is 13.5. The number of benzene rings is 1. The first-order chi connectivity index (χ1) is 11.1. The SMILES string of the molecule is C=CCN(CC1(O)[C@H](C=C)CC[C@H]1C=C)C(=O)c1ccccc1. The summed E-state index contributed by atoms with van der Waals surface area (Å²) in [5, 5.41) is 11.2. The van der Waals surface area contributed by atoms with Crippen LogP contribution in [0, 0.1) is 11.8 Å². The lowest BCUT2D eigenvalue weighted by molar-refractivity contribution is -0.0301. The third kappa shape index (κ3) is 3.45. The van der Waals surface area contributed by atoms with E-state index in [0.717, 1.165) is 12.8 Å². The summed E-state index contributed by atoms with van der Waals surface area (Å²) in [6, 6.07) is 9.12. The molecule has 1 saturated carbocycles. The summed E-state index contributed by atoms with van der Waals surface area (Å²) < 4.78 is 0. The molecular formula is C20H25NO2. The number of nitrogens with zero attached hydrogens (tertiary/aromatic N) is 1. The van der Waals surface area contributed by atoms with Gasteiger partial charge in [0.15, 0.2) is 0 Å². The Morgan fingerprint density at radius 2 is 1.74 bits per heavy atom. The van der Waals surface area contributed by atoms with E-state index in [1.54, 1.807) is 35.3 Å². The van der Waals surface area contributed by atoms with Gasteiger partial charge in [0.25, 0.3) is 5.91 Å². The molecule has 1 aromatic carbocycles. The highest BCUT2D eigenvalue weighted by Gasteiger charge is 2.47. The van der Waals surface area contributed by atoms with Gasteiger partial charge in [0.05, 0.1) is 12.1 Å². The topological polar surface area (TPSA) is 40.5 Å². The van der Waals surface area contributed by atoms with E-state index < -0.39 is 5.60 Å². The molecule has 1 fully saturated rings. The Bertz CT molecular complexity index is 563. The maximum Gasteiger partial charge on any atom is 0.254 e. The molecule has 0 bridgehead atoms. The van der Waals surface area contributed by atoms with E-state index in [0.29, 0.717) is 12.1 Å². The molecule has 0 aromatic heterocycles. The molecule has 0 spiro atoms. The van der Waals surface area contributed by atoms with Crippen LogP contribution in [0.25, 0.3) is 0 Å². The largest absolute Gasteiger partial charge is 0.387 e. The second-order valence-electron chi connectivity index (χ2n) is 6.09. The molecule has 0 heterocycles. The van der Waals surface area contributed by atoms with Gasteiger partial charge in [-0.3, -0.25) is 4.79 Å². The monoisotopic (exact) mass is 311 g/mol. The lowest BCUT2D eigenvalue weighted by Gasteiger charge is -2.37. The first-order valence-electron chi connectivity index (χ1n) is 7.99. The minimum Gasteiger partial charge on any atom is -0.387 e.